The molecule has 2 aromatic heterocycles. The predicted octanol–water partition coefficient (Wildman–Crippen LogP) is 2.61. The molecule has 0 saturated heterocycles. The maximum atomic E-state index is 10.3. The van der Waals surface area contributed by atoms with E-state index < -0.39 is 0 Å². The fraction of sp³-hybridized carbons (Fsp3) is 0. The lowest BCUT2D eigenvalue weighted by molar-refractivity contribution is 1.32. The van der Waals surface area contributed by atoms with Crippen molar-refractivity contribution in [2.75, 3.05) is 0 Å². The Kier molecular flexibility index (Phi) is 1.55. The van der Waals surface area contributed by atoms with Crippen molar-refractivity contribution in [2.45, 2.75) is 0 Å². The third kappa shape index (κ3) is 0.967. The first-order valence-corrected chi connectivity index (χ1v) is 3.66. The van der Waals surface area contributed by atoms with E-state index in [9.17, 15) is 4.91 Å². The summed E-state index contributed by atoms with van der Waals surface area (Å²) in [5.41, 5.74) is 0.892. The van der Waals surface area contributed by atoms with Gasteiger partial charge in [-0.3, -0.25) is 0 Å². The van der Waals surface area contributed by atoms with E-state index in [1.807, 2.05) is 0 Å². The van der Waals surface area contributed by atoms with Crippen molar-refractivity contribution in [1.82, 2.24) is 9.97 Å². The number of aromatic amines is 1. The van der Waals surface area contributed by atoms with Crippen LogP contribution < -0.4 is 0 Å². The first kappa shape index (κ1) is 7.24. The Morgan fingerprint density at radius 1 is 1.58 bits per heavy atom. The Labute approximate surface area is 72.5 Å². The summed E-state index contributed by atoms with van der Waals surface area (Å²) >= 11 is 5.63. The average Bonchev–Trinajstić information content (AvgIpc) is 2.50. The molecular formula is C7H4ClN3O. The second kappa shape index (κ2) is 2.57. The molecule has 0 aliphatic heterocycles. The number of nitrogens with zero attached hydrogens (tertiary/aromatic N) is 2. The van der Waals surface area contributed by atoms with Gasteiger partial charge in [-0.15, -0.1) is 4.91 Å². The Hall–Kier alpha value is -1.42. The number of hydrogen-bond donors (Lipinski definition) is 1. The SMILES string of the molecule is O=Nc1cc(Cl)nc2[nH]ccc12. The Morgan fingerprint density at radius 2 is 2.42 bits per heavy atom. The van der Waals surface area contributed by atoms with Crippen LogP contribution in [0.15, 0.2) is 23.5 Å². The summed E-state index contributed by atoms with van der Waals surface area (Å²) in [6, 6.07) is 3.17. The molecule has 0 atom stereocenters. The van der Waals surface area contributed by atoms with Gasteiger partial charge in [0.05, 0.1) is 0 Å². The molecule has 0 aromatic carbocycles. The summed E-state index contributed by atoms with van der Waals surface area (Å²) in [7, 11) is 0. The number of halogens is 1. The number of nitroso groups, excluding NO2 is 1. The molecule has 1 N–H and O–H groups in total. The summed E-state index contributed by atoms with van der Waals surface area (Å²) in [6.45, 7) is 0. The molecule has 0 fully saturated rings. The second-order valence-corrected chi connectivity index (χ2v) is 2.68. The zero-order valence-corrected chi connectivity index (χ0v) is 6.67. The first-order chi connectivity index (χ1) is 5.81. The second-order valence-electron chi connectivity index (χ2n) is 2.30. The first-order valence-electron chi connectivity index (χ1n) is 3.28. The van der Waals surface area contributed by atoms with Gasteiger partial charge in [-0.25, -0.2) is 4.98 Å². The van der Waals surface area contributed by atoms with E-state index in [0.29, 0.717) is 16.7 Å². The molecule has 4 nitrogen and oxygen atoms in total. The third-order valence-corrected chi connectivity index (χ3v) is 1.77. The topological polar surface area (TPSA) is 58.1 Å². The summed E-state index contributed by atoms with van der Waals surface area (Å²) in [5, 5.41) is 3.79. The van der Waals surface area contributed by atoms with Crippen molar-refractivity contribution in [2.24, 2.45) is 5.18 Å². The lowest BCUT2D eigenvalue weighted by atomic mass is 10.3. The molecule has 2 heterocycles. The molecule has 0 unspecified atom stereocenters. The zero-order valence-electron chi connectivity index (χ0n) is 5.91. The summed E-state index contributed by atoms with van der Waals surface area (Å²) in [5.74, 6) is 0. The van der Waals surface area contributed by atoms with Crippen LogP contribution in [-0.4, -0.2) is 9.97 Å². The molecule has 0 spiro atoms. The molecule has 0 aliphatic rings. The summed E-state index contributed by atoms with van der Waals surface area (Å²) < 4.78 is 0. The standard InChI is InChI=1S/C7H4ClN3O/c8-6-3-5(11-12)4-1-2-9-7(4)10-6/h1-3H,(H,9,10). The quantitative estimate of drug-likeness (QED) is 0.543. The number of hydrogen-bond acceptors (Lipinski definition) is 3. The van der Waals surface area contributed by atoms with Crippen LogP contribution >= 0.6 is 11.6 Å². The molecule has 12 heavy (non-hydrogen) atoms. The molecule has 60 valence electrons. The van der Waals surface area contributed by atoms with Gasteiger partial charge in [0.1, 0.15) is 16.5 Å². The number of pyridine rings is 1. The van der Waals surface area contributed by atoms with Gasteiger partial charge in [0.25, 0.3) is 0 Å². The van der Waals surface area contributed by atoms with Gasteiger partial charge in [-0.1, -0.05) is 11.6 Å². The van der Waals surface area contributed by atoms with E-state index in [-0.39, 0.29) is 5.15 Å². The average molecular weight is 182 g/mol. The highest BCUT2D eigenvalue weighted by molar-refractivity contribution is 6.30. The van der Waals surface area contributed by atoms with Crippen molar-refractivity contribution >= 4 is 28.3 Å². The Bertz CT molecular complexity index is 437. The lowest BCUT2D eigenvalue weighted by Gasteiger charge is -1.93. The van der Waals surface area contributed by atoms with Crippen molar-refractivity contribution < 1.29 is 0 Å². The van der Waals surface area contributed by atoms with Gasteiger partial charge in [-0.05, 0) is 11.2 Å². The van der Waals surface area contributed by atoms with E-state index >= 15 is 0 Å². The van der Waals surface area contributed by atoms with E-state index in [4.69, 9.17) is 11.6 Å². The van der Waals surface area contributed by atoms with Crippen LogP contribution in [0.25, 0.3) is 11.0 Å². The fourth-order valence-electron chi connectivity index (χ4n) is 1.06. The van der Waals surface area contributed by atoms with E-state index in [2.05, 4.69) is 15.1 Å². The minimum Gasteiger partial charge on any atom is -0.346 e. The maximum absolute atomic E-state index is 10.3. The highest BCUT2D eigenvalue weighted by Crippen LogP contribution is 2.26. The van der Waals surface area contributed by atoms with Gasteiger partial charge in [0.15, 0.2) is 0 Å². The van der Waals surface area contributed by atoms with E-state index in [1.165, 1.54) is 6.07 Å². The van der Waals surface area contributed by atoms with Crippen molar-refractivity contribution in [3.63, 3.8) is 0 Å². The van der Waals surface area contributed by atoms with Crippen molar-refractivity contribution in [1.29, 1.82) is 0 Å². The van der Waals surface area contributed by atoms with E-state index in [0.717, 1.165) is 0 Å². The molecule has 0 saturated carbocycles. The van der Waals surface area contributed by atoms with Crippen LogP contribution in [0.4, 0.5) is 5.69 Å². The Balaban J connectivity index is 2.88. The summed E-state index contributed by atoms with van der Waals surface area (Å²) in [4.78, 5) is 17.1. The lowest BCUT2D eigenvalue weighted by Crippen LogP contribution is -1.77. The molecule has 0 bridgehead atoms. The number of H-pyrrole nitrogens is 1. The van der Waals surface area contributed by atoms with Crippen LogP contribution in [0.3, 0.4) is 0 Å². The molecule has 0 amide bonds. The molecule has 2 rings (SSSR count). The monoisotopic (exact) mass is 181 g/mol. The molecular weight excluding hydrogens is 178 g/mol. The molecule has 0 aliphatic carbocycles. The predicted molar refractivity (Wildman–Crippen MR) is 46.6 cm³/mol. The normalized spacial score (nSPS) is 10.4. The van der Waals surface area contributed by atoms with Crippen LogP contribution in [0.2, 0.25) is 5.15 Å². The van der Waals surface area contributed by atoms with E-state index in [1.54, 1.807) is 12.3 Å². The highest BCUT2D eigenvalue weighted by atomic mass is 35.5. The van der Waals surface area contributed by atoms with Gasteiger partial charge in [0.2, 0.25) is 0 Å². The van der Waals surface area contributed by atoms with Crippen molar-refractivity contribution in [3.05, 3.63) is 28.4 Å². The van der Waals surface area contributed by atoms with Crippen molar-refractivity contribution in [3.8, 4) is 0 Å². The highest BCUT2D eigenvalue weighted by Gasteiger charge is 2.04. The van der Waals surface area contributed by atoms with Crippen LogP contribution in [0.1, 0.15) is 0 Å². The van der Waals surface area contributed by atoms with Crippen LogP contribution in [0.5, 0.6) is 0 Å². The minimum atomic E-state index is 0.263. The Morgan fingerprint density at radius 3 is 3.17 bits per heavy atom. The molecule has 2 aromatic rings. The number of rotatable bonds is 1. The molecule has 5 heteroatoms. The number of nitrogens with one attached hydrogen (secondary N) is 1. The summed E-state index contributed by atoms with van der Waals surface area (Å²) in [6.07, 6.45) is 1.68. The van der Waals surface area contributed by atoms with Gasteiger partial charge >= 0.3 is 0 Å². The minimum absolute atomic E-state index is 0.263. The third-order valence-electron chi connectivity index (χ3n) is 1.57. The fourth-order valence-corrected chi connectivity index (χ4v) is 1.25. The van der Waals surface area contributed by atoms with Crippen LogP contribution in [-0.2, 0) is 0 Å². The number of fused-ring (bicyclic) bond motifs is 1. The number of aromatic nitrogens is 2. The largest absolute Gasteiger partial charge is 0.346 e. The smallest absolute Gasteiger partial charge is 0.141 e. The molecule has 0 radical (unpaired) electrons. The maximum Gasteiger partial charge on any atom is 0.141 e. The zero-order chi connectivity index (χ0) is 8.55. The van der Waals surface area contributed by atoms with Gasteiger partial charge in [-0.2, -0.15) is 0 Å². The van der Waals surface area contributed by atoms with Gasteiger partial charge in [0, 0.05) is 17.6 Å². The van der Waals surface area contributed by atoms with Crippen LogP contribution in [0, 0.1) is 4.91 Å². The van der Waals surface area contributed by atoms with Gasteiger partial charge < -0.3 is 4.98 Å².